The van der Waals surface area contributed by atoms with Crippen molar-refractivity contribution < 1.29 is 14.7 Å². The first-order valence-electron chi connectivity index (χ1n) is 7.80. The van der Waals surface area contributed by atoms with Crippen molar-refractivity contribution in [3.8, 4) is 10.0 Å². The molecule has 0 aliphatic heterocycles. The molecule has 0 radical (unpaired) electrons. The Bertz CT molecular complexity index is 690. The van der Waals surface area contributed by atoms with Crippen molar-refractivity contribution in [3.63, 3.8) is 0 Å². The fourth-order valence-corrected chi connectivity index (χ4v) is 4.36. The van der Waals surface area contributed by atoms with Crippen molar-refractivity contribution in [1.29, 1.82) is 0 Å². The van der Waals surface area contributed by atoms with E-state index in [-0.39, 0.29) is 12.2 Å². The Morgan fingerprint density at radius 1 is 1.17 bits per heavy atom. The number of carbonyl (C=O) groups excluding carboxylic acids is 1. The second kappa shape index (κ2) is 7.31. The molecule has 0 amide bonds. The normalized spacial score (nSPS) is 14.1. The Morgan fingerprint density at radius 3 is 2.61 bits per heavy atom. The number of rotatable bonds is 9. The fourth-order valence-electron chi connectivity index (χ4n) is 2.43. The molecule has 1 saturated carbocycles. The zero-order valence-corrected chi connectivity index (χ0v) is 14.3. The Kier molecular flexibility index (Phi) is 5.17. The van der Waals surface area contributed by atoms with Crippen LogP contribution in [0.25, 0.3) is 10.0 Å². The molecular formula is C16H18N2O3S2. The number of aromatic nitrogens is 2. The molecule has 0 unspecified atom stereocenters. The van der Waals surface area contributed by atoms with Crippen LogP contribution in [0.1, 0.15) is 66.2 Å². The third-order valence-corrected chi connectivity index (χ3v) is 5.91. The lowest BCUT2D eigenvalue weighted by atomic mass is 10.1. The number of carboxylic acids is 1. The van der Waals surface area contributed by atoms with E-state index in [1.807, 2.05) is 5.38 Å². The molecule has 5 nitrogen and oxygen atoms in total. The van der Waals surface area contributed by atoms with Gasteiger partial charge in [-0.2, -0.15) is 0 Å². The highest BCUT2D eigenvalue weighted by atomic mass is 32.1. The third-order valence-electron chi connectivity index (χ3n) is 3.78. The molecule has 0 spiro atoms. The van der Waals surface area contributed by atoms with Crippen LogP contribution >= 0.6 is 22.7 Å². The summed E-state index contributed by atoms with van der Waals surface area (Å²) in [4.78, 5) is 32.9. The predicted molar refractivity (Wildman–Crippen MR) is 90.2 cm³/mol. The Balaban J connectivity index is 1.64. The van der Waals surface area contributed by atoms with E-state index in [1.165, 1.54) is 11.3 Å². The van der Waals surface area contributed by atoms with Gasteiger partial charge in [0.05, 0.1) is 0 Å². The van der Waals surface area contributed by atoms with Crippen molar-refractivity contribution in [2.75, 3.05) is 0 Å². The molecule has 0 saturated heterocycles. The first-order chi connectivity index (χ1) is 11.1. The smallest absolute Gasteiger partial charge is 0.303 e. The van der Waals surface area contributed by atoms with Gasteiger partial charge in [-0.15, -0.1) is 22.7 Å². The molecular weight excluding hydrogens is 332 g/mol. The summed E-state index contributed by atoms with van der Waals surface area (Å²) in [6.07, 6.45) is 6.76. The minimum absolute atomic E-state index is 0.0845. The third kappa shape index (κ3) is 4.23. The molecule has 1 fully saturated rings. The second-order valence-electron chi connectivity index (χ2n) is 5.72. The number of aliphatic carboxylic acids is 1. The van der Waals surface area contributed by atoms with Crippen LogP contribution in [0.4, 0.5) is 0 Å². The number of nitrogens with zero attached hydrogens (tertiary/aromatic N) is 2. The van der Waals surface area contributed by atoms with E-state index in [9.17, 15) is 9.59 Å². The van der Waals surface area contributed by atoms with E-state index in [1.54, 1.807) is 17.5 Å². The number of thiazole rings is 2. The summed E-state index contributed by atoms with van der Waals surface area (Å²) in [6.45, 7) is 0. The fraction of sp³-hybridized carbons (Fsp3) is 0.500. The maximum atomic E-state index is 12.5. The summed E-state index contributed by atoms with van der Waals surface area (Å²) in [5.74, 6) is -0.201. The van der Waals surface area contributed by atoms with E-state index in [4.69, 9.17) is 5.11 Å². The monoisotopic (exact) mass is 350 g/mol. The maximum absolute atomic E-state index is 12.5. The van der Waals surface area contributed by atoms with Crippen LogP contribution in [0, 0.1) is 0 Å². The first-order valence-corrected chi connectivity index (χ1v) is 9.50. The molecule has 3 rings (SSSR count). The van der Waals surface area contributed by atoms with Gasteiger partial charge in [-0.25, -0.2) is 9.97 Å². The number of carbonyl (C=O) groups is 2. The topological polar surface area (TPSA) is 80.1 Å². The molecule has 2 aromatic heterocycles. The molecule has 2 aromatic rings. The van der Waals surface area contributed by atoms with Crippen LogP contribution in [0.3, 0.4) is 0 Å². The Hall–Kier alpha value is -1.60. The molecule has 1 aliphatic rings. The van der Waals surface area contributed by atoms with Crippen LogP contribution in [-0.2, 0) is 4.79 Å². The molecule has 0 bridgehead atoms. The number of hydrogen-bond donors (Lipinski definition) is 1. The highest BCUT2D eigenvalue weighted by Gasteiger charge is 2.32. The van der Waals surface area contributed by atoms with Crippen molar-refractivity contribution in [3.05, 3.63) is 22.1 Å². The van der Waals surface area contributed by atoms with Gasteiger partial charge in [0.25, 0.3) is 0 Å². The van der Waals surface area contributed by atoms with Crippen molar-refractivity contribution >= 4 is 34.4 Å². The quantitative estimate of drug-likeness (QED) is 0.537. The van der Waals surface area contributed by atoms with Crippen molar-refractivity contribution in [2.45, 2.75) is 50.9 Å². The van der Waals surface area contributed by atoms with E-state index >= 15 is 0 Å². The van der Waals surface area contributed by atoms with Crippen molar-refractivity contribution in [1.82, 2.24) is 9.97 Å². The van der Waals surface area contributed by atoms with Crippen LogP contribution in [0.5, 0.6) is 0 Å². The zero-order chi connectivity index (χ0) is 16.2. The van der Waals surface area contributed by atoms with Crippen LogP contribution in [-0.4, -0.2) is 26.8 Å². The van der Waals surface area contributed by atoms with E-state index < -0.39 is 5.97 Å². The van der Waals surface area contributed by atoms with E-state index in [0.717, 1.165) is 40.6 Å². The summed E-state index contributed by atoms with van der Waals surface area (Å²) in [5, 5.41) is 12.2. The molecule has 1 N–H and O–H groups in total. The summed E-state index contributed by atoms with van der Waals surface area (Å²) in [5.41, 5.74) is 0.626. The number of unbranched alkanes of at least 4 members (excludes halogenated alkanes) is 2. The maximum Gasteiger partial charge on any atom is 0.303 e. The zero-order valence-electron chi connectivity index (χ0n) is 12.7. The van der Waals surface area contributed by atoms with Gasteiger partial charge in [0.15, 0.2) is 15.8 Å². The van der Waals surface area contributed by atoms with Gasteiger partial charge in [-0.1, -0.05) is 6.42 Å². The molecule has 23 heavy (non-hydrogen) atoms. The van der Waals surface area contributed by atoms with Gasteiger partial charge in [0.2, 0.25) is 0 Å². The SMILES string of the molecule is O=C(O)CCCCCC(=O)c1nc(-c2nccs2)sc1C1CC1. The molecule has 1 aliphatic carbocycles. The van der Waals surface area contributed by atoms with Gasteiger partial charge in [-0.3, -0.25) is 9.59 Å². The summed E-state index contributed by atoms with van der Waals surface area (Å²) < 4.78 is 0. The lowest BCUT2D eigenvalue weighted by Crippen LogP contribution is -2.03. The number of Topliss-reactive ketones (excluding diaryl/α,β-unsaturated/α-hetero) is 1. The lowest BCUT2D eigenvalue weighted by molar-refractivity contribution is -0.137. The highest BCUT2D eigenvalue weighted by molar-refractivity contribution is 7.20. The number of carboxylic acid groups (broad SMARTS) is 1. The summed E-state index contributed by atoms with van der Waals surface area (Å²) >= 11 is 3.14. The molecule has 0 aromatic carbocycles. The largest absolute Gasteiger partial charge is 0.481 e. The van der Waals surface area contributed by atoms with Crippen molar-refractivity contribution in [2.24, 2.45) is 0 Å². The standard InChI is InChI=1S/C16H18N2O3S2/c19-11(4-2-1-3-5-12(20)21)13-14(10-6-7-10)23-16(18-13)15-17-8-9-22-15/h8-10H,1-7H2,(H,20,21). The minimum Gasteiger partial charge on any atom is -0.481 e. The lowest BCUT2D eigenvalue weighted by Gasteiger charge is -2.00. The average molecular weight is 350 g/mol. The first kappa shape index (κ1) is 16.3. The predicted octanol–water partition coefficient (Wildman–Crippen LogP) is 4.36. The molecule has 0 atom stereocenters. The average Bonchev–Trinajstić information content (AvgIpc) is 3.04. The van der Waals surface area contributed by atoms with Gasteiger partial charge < -0.3 is 5.11 Å². The molecule has 2 heterocycles. The van der Waals surface area contributed by atoms with Crippen LogP contribution < -0.4 is 0 Å². The summed E-state index contributed by atoms with van der Waals surface area (Å²) in [6, 6.07) is 0. The van der Waals surface area contributed by atoms with Crippen LogP contribution in [0.2, 0.25) is 0 Å². The van der Waals surface area contributed by atoms with E-state index in [2.05, 4.69) is 9.97 Å². The second-order valence-corrected chi connectivity index (χ2v) is 7.65. The highest BCUT2D eigenvalue weighted by Crippen LogP contribution is 2.46. The van der Waals surface area contributed by atoms with Gasteiger partial charge >= 0.3 is 5.97 Å². The Labute approximate surface area is 142 Å². The van der Waals surface area contributed by atoms with Gasteiger partial charge in [0, 0.05) is 29.3 Å². The molecule has 122 valence electrons. The van der Waals surface area contributed by atoms with E-state index in [0.29, 0.717) is 24.5 Å². The summed E-state index contributed by atoms with van der Waals surface area (Å²) in [7, 11) is 0. The Morgan fingerprint density at radius 2 is 1.96 bits per heavy atom. The van der Waals surface area contributed by atoms with Gasteiger partial charge in [-0.05, 0) is 31.6 Å². The number of ketones is 1. The minimum atomic E-state index is -0.778. The number of hydrogen-bond acceptors (Lipinski definition) is 6. The van der Waals surface area contributed by atoms with Gasteiger partial charge in [0.1, 0.15) is 5.69 Å². The van der Waals surface area contributed by atoms with Crippen LogP contribution in [0.15, 0.2) is 11.6 Å². The molecule has 7 heteroatoms.